The summed E-state index contributed by atoms with van der Waals surface area (Å²) in [6, 6.07) is 0. The molecule has 0 aromatic carbocycles. The average Bonchev–Trinajstić information content (AvgIpc) is 1.77. The first-order chi connectivity index (χ1) is 5.91. The van der Waals surface area contributed by atoms with Crippen LogP contribution < -0.4 is 0 Å². The maximum Gasteiger partial charge on any atom is 0.108 e. The zero-order valence-electron chi connectivity index (χ0n) is 8.40. The SMILES string of the molecule is CC1=CC(C)(CC(Cl)Cl)CC(C)=C1. The van der Waals surface area contributed by atoms with Crippen LogP contribution in [-0.4, -0.2) is 4.84 Å². The fraction of sp³-hybridized carbons (Fsp3) is 0.636. The van der Waals surface area contributed by atoms with Gasteiger partial charge in [-0.1, -0.05) is 30.2 Å². The van der Waals surface area contributed by atoms with Crippen LogP contribution in [0.5, 0.6) is 0 Å². The van der Waals surface area contributed by atoms with Gasteiger partial charge in [-0.15, -0.1) is 23.2 Å². The summed E-state index contributed by atoms with van der Waals surface area (Å²) in [6.07, 6.45) is 6.40. The molecule has 0 aromatic heterocycles. The van der Waals surface area contributed by atoms with Gasteiger partial charge in [0.15, 0.2) is 0 Å². The molecule has 0 saturated heterocycles. The summed E-state index contributed by atoms with van der Waals surface area (Å²) in [5, 5.41) is 0. The molecule has 2 heteroatoms. The number of rotatable bonds is 2. The minimum absolute atomic E-state index is 0.150. The molecule has 0 radical (unpaired) electrons. The van der Waals surface area contributed by atoms with E-state index in [-0.39, 0.29) is 10.3 Å². The third kappa shape index (κ3) is 3.36. The van der Waals surface area contributed by atoms with E-state index in [1.807, 2.05) is 0 Å². The smallest absolute Gasteiger partial charge is 0.105 e. The van der Waals surface area contributed by atoms with Gasteiger partial charge in [-0.2, -0.15) is 0 Å². The Labute approximate surface area is 90.6 Å². The van der Waals surface area contributed by atoms with Gasteiger partial charge in [-0.25, -0.2) is 0 Å². The molecule has 1 atom stereocenters. The predicted octanol–water partition coefficient (Wildman–Crippen LogP) is 4.48. The first-order valence-electron chi connectivity index (χ1n) is 4.56. The highest BCUT2D eigenvalue weighted by molar-refractivity contribution is 6.44. The minimum atomic E-state index is -0.264. The lowest BCUT2D eigenvalue weighted by Crippen LogP contribution is -2.19. The molecule has 0 N–H and O–H groups in total. The molecule has 1 aliphatic rings. The second kappa shape index (κ2) is 4.06. The highest BCUT2D eigenvalue weighted by Crippen LogP contribution is 2.39. The second-order valence-corrected chi connectivity index (χ2v) is 5.58. The summed E-state index contributed by atoms with van der Waals surface area (Å²) in [5.74, 6) is 0. The topological polar surface area (TPSA) is 0 Å². The van der Waals surface area contributed by atoms with Gasteiger partial charge >= 0.3 is 0 Å². The van der Waals surface area contributed by atoms with E-state index in [1.54, 1.807) is 0 Å². The summed E-state index contributed by atoms with van der Waals surface area (Å²) < 4.78 is 0. The lowest BCUT2D eigenvalue weighted by Gasteiger charge is -2.30. The van der Waals surface area contributed by atoms with Crippen LogP contribution in [0.1, 0.15) is 33.6 Å². The van der Waals surface area contributed by atoms with Crippen molar-refractivity contribution in [3.8, 4) is 0 Å². The van der Waals surface area contributed by atoms with E-state index in [0.717, 1.165) is 12.8 Å². The summed E-state index contributed by atoms with van der Waals surface area (Å²) in [5.41, 5.74) is 2.88. The lowest BCUT2D eigenvalue weighted by atomic mass is 9.76. The molecule has 1 rings (SSSR count). The van der Waals surface area contributed by atoms with Gasteiger partial charge < -0.3 is 0 Å². The highest BCUT2D eigenvalue weighted by Gasteiger charge is 2.26. The number of hydrogen-bond donors (Lipinski definition) is 0. The van der Waals surface area contributed by atoms with Crippen molar-refractivity contribution in [3.63, 3.8) is 0 Å². The molecule has 74 valence electrons. The fourth-order valence-corrected chi connectivity index (χ4v) is 2.91. The molecular formula is C11H16Cl2. The van der Waals surface area contributed by atoms with E-state index in [1.165, 1.54) is 11.1 Å². The minimum Gasteiger partial charge on any atom is -0.105 e. The van der Waals surface area contributed by atoms with Crippen molar-refractivity contribution in [2.75, 3.05) is 0 Å². The van der Waals surface area contributed by atoms with Crippen LogP contribution in [0.2, 0.25) is 0 Å². The third-order valence-corrected chi connectivity index (χ3v) is 2.66. The molecule has 0 aliphatic heterocycles. The van der Waals surface area contributed by atoms with Crippen LogP contribution in [0, 0.1) is 5.41 Å². The monoisotopic (exact) mass is 218 g/mol. The highest BCUT2D eigenvalue weighted by atomic mass is 35.5. The first-order valence-corrected chi connectivity index (χ1v) is 5.43. The molecule has 1 aliphatic carbocycles. The van der Waals surface area contributed by atoms with Crippen molar-refractivity contribution in [2.24, 2.45) is 5.41 Å². The Balaban J connectivity index is 2.77. The van der Waals surface area contributed by atoms with E-state index in [4.69, 9.17) is 23.2 Å². The molecule has 0 bridgehead atoms. The van der Waals surface area contributed by atoms with Crippen LogP contribution in [0.4, 0.5) is 0 Å². The Morgan fingerprint density at radius 3 is 2.54 bits per heavy atom. The molecule has 0 fully saturated rings. The normalized spacial score (nSPS) is 28.8. The first kappa shape index (κ1) is 11.1. The molecule has 0 amide bonds. The molecule has 13 heavy (non-hydrogen) atoms. The van der Waals surface area contributed by atoms with E-state index in [9.17, 15) is 0 Å². The Morgan fingerprint density at radius 1 is 1.46 bits per heavy atom. The van der Waals surface area contributed by atoms with Gasteiger partial charge in [0.1, 0.15) is 4.84 Å². The summed E-state index contributed by atoms with van der Waals surface area (Å²) in [6.45, 7) is 6.50. The van der Waals surface area contributed by atoms with E-state index in [2.05, 4.69) is 32.9 Å². The second-order valence-electron chi connectivity index (χ2n) is 4.31. The van der Waals surface area contributed by atoms with Crippen molar-refractivity contribution < 1.29 is 0 Å². The van der Waals surface area contributed by atoms with Crippen LogP contribution in [0.25, 0.3) is 0 Å². The Bertz CT molecular complexity index is 251. The molecule has 0 spiro atoms. The molecule has 0 aromatic rings. The van der Waals surface area contributed by atoms with Gasteiger partial charge in [0.05, 0.1) is 0 Å². The van der Waals surface area contributed by atoms with Gasteiger partial charge in [0.2, 0.25) is 0 Å². The van der Waals surface area contributed by atoms with Gasteiger partial charge in [0.25, 0.3) is 0 Å². The average molecular weight is 219 g/mol. The van der Waals surface area contributed by atoms with E-state index < -0.39 is 0 Å². The zero-order chi connectivity index (χ0) is 10.1. The van der Waals surface area contributed by atoms with Crippen molar-refractivity contribution >= 4 is 23.2 Å². The molecule has 0 heterocycles. The largest absolute Gasteiger partial charge is 0.108 e. The summed E-state index contributed by atoms with van der Waals surface area (Å²) in [7, 11) is 0. The van der Waals surface area contributed by atoms with Crippen LogP contribution in [0.3, 0.4) is 0 Å². The summed E-state index contributed by atoms with van der Waals surface area (Å²) >= 11 is 11.6. The maximum atomic E-state index is 5.81. The van der Waals surface area contributed by atoms with Crippen molar-refractivity contribution in [3.05, 3.63) is 23.3 Å². The third-order valence-electron chi connectivity index (χ3n) is 2.35. The van der Waals surface area contributed by atoms with Gasteiger partial charge in [-0.3, -0.25) is 0 Å². The Kier molecular flexibility index (Phi) is 3.48. The van der Waals surface area contributed by atoms with Gasteiger partial charge in [-0.05, 0) is 32.1 Å². The molecule has 1 unspecified atom stereocenters. The molecule has 0 nitrogen and oxygen atoms in total. The lowest BCUT2D eigenvalue weighted by molar-refractivity contribution is 0.394. The quantitative estimate of drug-likeness (QED) is 0.600. The van der Waals surface area contributed by atoms with Crippen molar-refractivity contribution in [1.82, 2.24) is 0 Å². The van der Waals surface area contributed by atoms with Gasteiger partial charge in [0, 0.05) is 0 Å². The van der Waals surface area contributed by atoms with Crippen LogP contribution >= 0.6 is 23.2 Å². The van der Waals surface area contributed by atoms with Crippen molar-refractivity contribution in [1.29, 1.82) is 0 Å². The fourth-order valence-electron chi connectivity index (χ4n) is 2.20. The standard InChI is InChI=1S/C11H16Cl2/c1-8-4-9(2)6-11(3,5-8)7-10(12)13/h4-5,10H,6-7H2,1-3H3. The number of halogens is 2. The number of alkyl halides is 2. The zero-order valence-corrected chi connectivity index (χ0v) is 9.91. The van der Waals surface area contributed by atoms with Crippen molar-refractivity contribution in [2.45, 2.75) is 38.4 Å². The number of hydrogen-bond acceptors (Lipinski definition) is 0. The molecule has 0 saturated carbocycles. The maximum absolute atomic E-state index is 5.81. The molecular weight excluding hydrogens is 203 g/mol. The van der Waals surface area contributed by atoms with Crippen LogP contribution in [0.15, 0.2) is 23.3 Å². The predicted molar refractivity (Wildman–Crippen MR) is 60.3 cm³/mol. The van der Waals surface area contributed by atoms with E-state index >= 15 is 0 Å². The number of allylic oxidation sites excluding steroid dienone is 4. The Morgan fingerprint density at radius 2 is 2.08 bits per heavy atom. The Hall–Kier alpha value is 0.0600. The van der Waals surface area contributed by atoms with Crippen LogP contribution in [-0.2, 0) is 0 Å². The summed E-state index contributed by atoms with van der Waals surface area (Å²) in [4.78, 5) is -0.264. The van der Waals surface area contributed by atoms with E-state index in [0.29, 0.717) is 0 Å².